The third kappa shape index (κ3) is 9.64. The van der Waals surface area contributed by atoms with Gasteiger partial charge in [-0.05, 0) is 20.3 Å². The molecule has 0 aliphatic rings. The van der Waals surface area contributed by atoms with Crippen molar-refractivity contribution in [1.82, 2.24) is 0 Å². The smallest absolute Gasteiger partial charge is 0.213 e. The van der Waals surface area contributed by atoms with Crippen LogP contribution in [0.1, 0.15) is 58.8 Å². The summed E-state index contributed by atoms with van der Waals surface area (Å²) in [6.45, 7) is 2.75. The van der Waals surface area contributed by atoms with Crippen molar-refractivity contribution in [2.45, 2.75) is 70.9 Å². The molecule has 8 heteroatoms. The van der Waals surface area contributed by atoms with Crippen LogP contribution in [0.5, 0.6) is 0 Å². The van der Waals surface area contributed by atoms with Crippen LogP contribution < -0.4 is 0 Å². The van der Waals surface area contributed by atoms with E-state index in [1.54, 1.807) is 0 Å². The van der Waals surface area contributed by atoms with Crippen molar-refractivity contribution in [3.8, 4) is 0 Å². The van der Waals surface area contributed by atoms with Crippen molar-refractivity contribution < 1.29 is 19.4 Å². The van der Waals surface area contributed by atoms with Crippen molar-refractivity contribution >= 4 is 11.6 Å². The number of rotatable bonds is 12. The molecule has 0 fully saturated rings. The Morgan fingerprint density at radius 2 is 1.14 bits per heavy atom. The lowest BCUT2D eigenvalue weighted by atomic mass is 9.99. The summed E-state index contributed by atoms with van der Waals surface area (Å²) < 4.78 is 0. The van der Waals surface area contributed by atoms with Crippen molar-refractivity contribution in [1.29, 1.82) is 0 Å². The Bertz CT molecular complexity index is 360. The van der Waals surface area contributed by atoms with Crippen LogP contribution in [0.25, 0.3) is 0 Å². The van der Waals surface area contributed by atoms with E-state index < -0.39 is 21.9 Å². The standard InChI is InChI=1S/C13H22N2O6/c1-10(16)6-8-12(14(18)19)4-3-5-13(15(20)21)9-7-11(2)17/h12-13H,3-9H2,1-2H3/t12-,13-/m0/s1. The molecular weight excluding hydrogens is 280 g/mol. The molecule has 0 aliphatic carbocycles. The van der Waals surface area contributed by atoms with Gasteiger partial charge in [0.05, 0.1) is 0 Å². The molecule has 2 atom stereocenters. The van der Waals surface area contributed by atoms with Gasteiger partial charge in [-0.1, -0.05) is 0 Å². The van der Waals surface area contributed by atoms with Gasteiger partial charge in [0.15, 0.2) is 0 Å². The second-order valence-electron chi connectivity index (χ2n) is 5.29. The molecule has 0 rings (SSSR count). The third-order valence-electron chi connectivity index (χ3n) is 3.33. The van der Waals surface area contributed by atoms with Gasteiger partial charge < -0.3 is 9.59 Å². The van der Waals surface area contributed by atoms with Crippen LogP contribution >= 0.6 is 0 Å². The first kappa shape index (κ1) is 19.1. The number of nitro groups is 2. The molecule has 0 aliphatic heterocycles. The molecule has 0 aromatic carbocycles. The number of hydrogen-bond acceptors (Lipinski definition) is 6. The highest BCUT2D eigenvalue weighted by Gasteiger charge is 2.24. The summed E-state index contributed by atoms with van der Waals surface area (Å²) >= 11 is 0. The minimum absolute atomic E-state index is 0.105. The Balaban J connectivity index is 4.24. The lowest BCUT2D eigenvalue weighted by Gasteiger charge is -2.11. The van der Waals surface area contributed by atoms with Gasteiger partial charge in [-0.15, -0.1) is 0 Å². The first-order chi connectivity index (χ1) is 9.73. The van der Waals surface area contributed by atoms with E-state index in [0.717, 1.165) is 0 Å². The van der Waals surface area contributed by atoms with Crippen molar-refractivity contribution in [3.63, 3.8) is 0 Å². The number of nitrogens with zero attached hydrogens (tertiary/aromatic N) is 2. The maximum atomic E-state index is 10.9. The summed E-state index contributed by atoms with van der Waals surface area (Å²) in [6.07, 6.45) is 1.39. The quantitative estimate of drug-likeness (QED) is 0.402. The Labute approximate surface area is 123 Å². The molecule has 0 saturated heterocycles. The molecule has 0 aromatic rings. The molecule has 21 heavy (non-hydrogen) atoms. The number of carbonyl (C=O) groups is 2. The fraction of sp³-hybridized carbons (Fsp3) is 0.846. The molecule has 0 aromatic heterocycles. The van der Waals surface area contributed by atoms with E-state index in [-0.39, 0.29) is 50.1 Å². The van der Waals surface area contributed by atoms with Crippen LogP contribution in [0, 0.1) is 20.2 Å². The Morgan fingerprint density at radius 1 is 0.810 bits per heavy atom. The Kier molecular flexibility index (Phi) is 9.07. The maximum Gasteiger partial charge on any atom is 0.213 e. The van der Waals surface area contributed by atoms with Gasteiger partial charge in [-0.25, -0.2) is 0 Å². The topological polar surface area (TPSA) is 120 Å². The van der Waals surface area contributed by atoms with Gasteiger partial charge in [-0.3, -0.25) is 20.2 Å². The minimum Gasteiger partial charge on any atom is -0.300 e. The predicted octanol–water partition coefficient (Wildman–Crippen LogP) is 2.19. The molecule has 0 heterocycles. The molecule has 0 saturated carbocycles. The maximum absolute atomic E-state index is 10.9. The lowest BCUT2D eigenvalue weighted by molar-refractivity contribution is -0.529. The van der Waals surface area contributed by atoms with E-state index in [1.807, 2.05) is 0 Å². The summed E-state index contributed by atoms with van der Waals surface area (Å²) in [5.41, 5.74) is 0. The molecule has 0 bridgehead atoms. The van der Waals surface area contributed by atoms with Crippen LogP contribution in [0.2, 0.25) is 0 Å². The van der Waals surface area contributed by atoms with Gasteiger partial charge in [-0.2, -0.15) is 0 Å². The average Bonchev–Trinajstić information content (AvgIpc) is 2.35. The van der Waals surface area contributed by atoms with Crippen LogP contribution in [-0.4, -0.2) is 33.5 Å². The zero-order chi connectivity index (χ0) is 16.4. The molecule has 120 valence electrons. The van der Waals surface area contributed by atoms with E-state index in [1.165, 1.54) is 13.8 Å². The van der Waals surface area contributed by atoms with Crippen LogP contribution in [0.4, 0.5) is 0 Å². The Hall–Kier alpha value is -1.86. The molecule has 0 N–H and O–H groups in total. The normalized spacial score (nSPS) is 13.4. The molecule has 0 unspecified atom stereocenters. The molecular formula is C13H22N2O6. The fourth-order valence-corrected chi connectivity index (χ4v) is 2.04. The van der Waals surface area contributed by atoms with E-state index >= 15 is 0 Å². The summed E-state index contributed by atoms with van der Waals surface area (Å²) in [4.78, 5) is 42.5. The van der Waals surface area contributed by atoms with Crippen LogP contribution in [0.15, 0.2) is 0 Å². The zero-order valence-electron chi connectivity index (χ0n) is 12.4. The SMILES string of the molecule is CC(=O)CC[C@H](CCC[C@@H](CCC(C)=O)[N+](=O)[O-])[N+](=O)[O-]. The van der Waals surface area contributed by atoms with Crippen molar-refractivity contribution in [3.05, 3.63) is 20.2 Å². The second kappa shape index (κ2) is 9.95. The first-order valence-electron chi connectivity index (χ1n) is 7.00. The van der Waals surface area contributed by atoms with Gasteiger partial charge in [0.2, 0.25) is 12.1 Å². The molecule has 0 spiro atoms. The summed E-state index contributed by atoms with van der Waals surface area (Å²) in [5, 5.41) is 21.7. The fourth-order valence-electron chi connectivity index (χ4n) is 2.04. The highest BCUT2D eigenvalue weighted by Crippen LogP contribution is 2.15. The van der Waals surface area contributed by atoms with E-state index in [9.17, 15) is 29.8 Å². The zero-order valence-corrected chi connectivity index (χ0v) is 12.4. The number of ketones is 2. The summed E-state index contributed by atoms with van der Waals surface area (Å²) in [7, 11) is 0. The largest absolute Gasteiger partial charge is 0.300 e. The Morgan fingerprint density at radius 3 is 1.38 bits per heavy atom. The van der Waals surface area contributed by atoms with E-state index in [2.05, 4.69) is 0 Å². The van der Waals surface area contributed by atoms with Gasteiger partial charge >= 0.3 is 0 Å². The van der Waals surface area contributed by atoms with Crippen LogP contribution in [0.3, 0.4) is 0 Å². The first-order valence-corrected chi connectivity index (χ1v) is 7.00. The van der Waals surface area contributed by atoms with Gasteiger partial charge in [0.25, 0.3) is 0 Å². The highest BCUT2D eigenvalue weighted by molar-refractivity contribution is 5.75. The van der Waals surface area contributed by atoms with Gasteiger partial charge in [0, 0.05) is 48.4 Å². The number of hydrogen-bond donors (Lipinski definition) is 0. The summed E-state index contributed by atoms with van der Waals surface area (Å²) in [5.74, 6) is -0.210. The van der Waals surface area contributed by atoms with E-state index in [4.69, 9.17) is 0 Å². The molecule has 0 radical (unpaired) electrons. The molecule has 0 amide bonds. The number of carbonyl (C=O) groups excluding carboxylic acids is 2. The third-order valence-corrected chi connectivity index (χ3v) is 3.33. The van der Waals surface area contributed by atoms with Crippen LogP contribution in [-0.2, 0) is 9.59 Å². The second-order valence-corrected chi connectivity index (χ2v) is 5.29. The van der Waals surface area contributed by atoms with Gasteiger partial charge in [0.1, 0.15) is 11.6 Å². The summed E-state index contributed by atoms with van der Waals surface area (Å²) in [6, 6.07) is -1.68. The molecule has 8 nitrogen and oxygen atoms in total. The minimum atomic E-state index is -0.839. The predicted molar refractivity (Wildman–Crippen MR) is 75.2 cm³/mol. The monoisotopic (exact) mass is 302 g/mol. The van der Waals surface area contributed by atoms with Crippen molar-refractivity contribution in [2.75, 3.05) is 0 Å². The lowest BCUT2D eigenvalue weighted by Crippen LogP contribution is -2.23. The number of Topliss-reactive ketones (excluding diaryl/α,β-unsaturated/α-hetero) is 2. The van der Waals surface area contributed by atoms with Crippen molar-refractivity contribution in [2.24, 2.45) is 0 Å². The van der Waals surface area contributed by atoms with E-state index in [0.29, 0.717) is 6.42 Å². The average molecular weight is 302 g/mol. The highest BCUT2D eigenvalue weighted by atomic mass is 16.6.